The zero-order chi connectivity index (χ0) is 12.8. The molecule has 1 N–H and O–H groups in total. The van der Waals surface area contributed by atoms with Crippen molar-refractivity contribution in [2.45, 2.75) is 23.8 Å². The largest absolute Gasteiger partial charge is 0.351 e. The van der Waals surface area contributed by atoms with Gasteiger partial charge in [0.05, 0.1) is 6.57 Å². The molecule has 0 amide bonds. The highest BCUT2D eigenvalue weighted by molar-refractivity contribution is 7.89. The van der Waals surface area contributed by atoms with E-state index < -0.39 is 10.0 Å². The molecule has 1 saturated heterocycles. The summed E-state index contributed by atoms with van der Waals surface area (Å²) in [4.78, 5) is 9.57. The van der Waals surface area contributed by atoms with Gasteiger partial charge in [-0.1, -0.05) is 0 Å². The highest BCUT2D eigenvalue weighted by Gasteiger charge is 2.35. The monoisotopic (exact) mass is 264 g/mol. The van der Waals surface area contributed by atoms with Crippen LogP contribution in [0.3, 0.4) is 0 Å². The van der Waals surface area contributed by atoms with E-state index in [9.17, 15) is 8.42 Å². The fraction of sp³-hybridized carbons (Fsp3) is 0.455. The number of anilines is 1. The number of fused-ring (bicyclic) bond motifs is 3. The van der Waals surface area contributed by atoms with Crippen molar-refractivity contribution in [1.29, 1.82) is 0 Å². The third-order valence-electron chi connectivity index (χ3n) is 3.40. The molecule has 94 valence electrons. The molecular weight excluding hydrogens is 252 g/mol. The number of hydrogen-bond donors (Lipinski definition) is 1. The fourth-order valence-electron chi connectivity index (χ4n) is 2.51. The minimum absolute atomic E-state index is 0.125. The topological polar surface area (TPSA) is 66.7 Å². The van der Waals surface area contributed by atoms with E-state index in [1.165, 1.54) is 12.3 Å². The third-order valence-corrected chi connectivity index (χ3v) is 4.82. The Balaban J connectivity index is 2.22. The molecule has 6 nitrogen and oxygen atoms in total. The van der Waals surface area contributed by atoms with E-state index in [0.29, 0.717) is 12.4 Å². The molecule has 2 aliphatic rings. The van der Waals surface area contributed by atoms with Crippen LogP contribution in [-0.2, 0) is 10.0 Å². The maximum atomic E-state index is 12.1. The van der Waals surface area contributed by atoms with Crippen LogP contribution in [0.4, 0.5) is 11.5 Å². The van der Waals surface area contributed by atoms with Gasteiger partial charge in [-0.15, -0.1) is 0 Å². The molecular formula is C11H12N4O2S. The highest BCUT2D eigenvalue weighted by Crippen LogP contribution is 2.33. The predicted molar refractivity (Wildman–Crippen MR) is 66.1 cm³/mol. The van der Waals surface area contributed by atoms with Gasteiger partial charge < -0.3 is 4.90 Å². The fourth-order valence-corrected chi connectivity index (χ4v) is 3.77. The van der Waals surface area contributed by atoms with Crippen molar-refractivity contribution in [3.05, 3.63) is 23.7 Å². The summed E-state index contributed by atoms with van der Waals surface area (Å²) in [5, 5.41) is 0. The molecule has 3 rings (SSSR count). The Morgan fingerprint density at radius 3 is 3.17 bits per heavy atom. The predicted octanol–water partition coefficient (Wildman–Crippen LogP) is 0.893. The van der Waals surface area contributed by atoms with Gasteiger partial charge >= 0.3 is 0 Å². The van der Waals surface area contributed by atoms with Crippen molar-refractivity contribution in [2.24, 2.45) is 0 Å². The first-order chi connectivity index (χ1) is 8.62. The Labute approximate surface area is 106 Å². The molecule has 0 unspecified atom stereocenters. The van der Waals surface area contributed by atoms with E-state index in [1.807, 2.05) is 4.90 Å². The maximum absolute atomic E-state index is 12.1. The van der Waals surface area contributed by atoms with Gasteiger partial charge in [-0.05, 0) is 18.9 Å². The van der Waals surface area contributed by atoms with E-state index in [4.69, 9.17) is 6.57 Å². The number of sulfonamides is 1. The smallest absolute Gasteiger partial charge is 0.243 e. The Bertz CT molecular complexity index is 635. The molecule has 3 heterocycles. The molecule has 0 spiro atoms. The van der Waals surface area contributed by atoms with Crippen molar-refractivity contribution in [2.75, 3.05) is 18.0 Å². The molecule has 1 fully saturated rings. The van der Waals surface area contributed by atoms with Crippen molar-refractivity contribution in [3.8, 4) is 0 Å². The second-order valence-electron chi connectivity index (χ2n) is 4.47. The normalized spacial score (nSPS) is 24.8. The van der Waals surface area contributed by atoms with Crippen molar-refractivity contribution < 1.29 is 8.42 Å². The van der Waals surface area contributed by atoms with Gasteiger partial charge in [0, 0.05) is 25.3 Å². The van der Waals surface area contributed by atoms with Crippen LogP contribution < -0.4 is 9.62 Å². The Morgan fingerprint density at radius 2 is 2.39 bits per heavy atom. The van der Waals surface area contributed by atoms with E-state index in [-0.39, 0.29) is 16.6 Å². The Kier molecular flexibility index (Phi) is 2.50. The van der Waals surface area contributed by atoms with Crippen LogP contribution in [0.5, 0.6) is 0 Å². The quantitative estimate of drug-likeness (QED) is 0.707. The van der Waals surface area contributed by atoms with Crippen molar-refractivity contribution in [3.63, 3.8) is 0 Å². The average Bonchev–Trinajstić information content (AvgIpc) is 2.80. The molecule has 0 aromatic carbocycles. The summed E-state index contributed by atoms with van der Waals surface area (Å²) in [6.45, 7) is 8.18. The minimum Gasteiger partial charge on any atom is -0.351 e. The average molecular weight is 264 g/mol. The van der Waals surface area contributed by atoms with Crippen LogP contribution in [0.1, 0.15) is 12.8 Å². The standard InChI is InChI=1S/C11H12N4O2S/c1-12-8-5-10-11(13-6-8)15-4-2-3-9(15)7-14-18(10,16)17/h5-6,9,14H,2-4,7H2/t9-/m0/s1. The van der Waals surface area contributed by atoms with E-state index >= 15 is 0 Å². The first kappa shape index (κ1) is 11.4. The molecule has 0 bridgehead atoms. The number of nitrogens with zero attached hydrogens (tertiary/aromatic N) is 3. The SMILES string of the molecule is [C-]#[N+]c1cnc2c(c1)S(=O)(=O)NC[C@@H]1CCCN21. The molecule has 0 aliphatic carbocycles. The minimum atomic E-state index is -3.55. The molecule has 0 saturated carbocycles. The summed E-state index contributed by atoms with van der Waals surface area (Å²) in [7, 11) is -3.55. The Hall–Kier alpha value is -1.65. The third kappa shape index (κ3) is 1.65. The molecule has 1 aromatic rings. The molecule has 2 aliphatic heterocycles. The lowest BCUT2D eigenvalue weighted by Crippen LogP contribution is -2.36. The summed E-state index contributed by atoms with van der Waals surface area (Å²) >= 11 is 0. The van der Waals surface area contributed by atoms with Crippen LogP contribution >= 0.6 is 0 Å². The summed E-state index contributed by atoms with van der Waals surface area (Å²) in [5.74, 6) is 0.481. The zero-order valence-electron chi connectivity index (χ0n) is 9.63. The lowest BCUT2D eigenvalue weighted by Gasteiger charge is -2.23. The summed E-state index contributed by atoms with van der Waals surface area (Å²) in [6, 6.07) is 1.57. The van der Waals surface area contributed by atoms with Crippen LogP contribution in [0.2, 0.25) is 0 Å². The van der Waals surface area contributed by atoms with Crippen LogP contribution in [0, 0.1) is 6.57 Å². The van der Waals surface area contributed by atoms with Crippen molar-refractivity contribution in [1.82, 2.24) is 9.71 Å². The Morgan fingerprint density at radius 1 is 1.56 bits per heavy atom. The van der Waals surface area contributed by atoms with Gasteiger partial charge in [0.25, 0.3) is 0 Å². The number of pyridine rings is 1. The summed E-state index contributed by atoms with van der Waals surface area (Å²) in [5.41, 5.74) is 0.247. The van der Waals surface area contributed by atoms with Gasteiger partial charge in [-0.25, -0.2) is 23.0 Å². The molecule has 7 heteroatoms. The van der Waals surface area contributed by atoms with Gasteiger partial charge in [0.15, 0.2) is 0 Å². The van der Waals surface area contributed by atoms with Crippen LogP contribution in [0.15, 0.2) is 17.2 Å². The first-order valence-corrected chi connectivity index (χ1v) is 7.24. The summed E-state index contributed by atoms with van der Waals surface area (Å²) in [6.07, 6.45) is 3.44. The lowest BCUT2D eigenvalue weighted by molar-refractivity contribution is 0.575. The summed E-state index contributed by atoms with van der Waals surface area (Å²) < 4.78 is 26.8. The van der Waals surface area contributed by atoms with Gasteiger partial charge in [-0.2, -0.15) is 0 Å². The van der Waals surface area contributed by atoms with Gasteiger partial charge in [0.1, 0.15) is 10.7 Å². The molecule has 0 radical (unpaired) electrons. The van der Waals surface area contributed by atoms with Gasteiger partial charge in [-0.3, -0.25) is 0 Å². The molecule has 1 aromatic heterocycles. The number of nitrogens with one attached hydrogen (secondary N) is 1. The number of hydrogen-bond acceptors (Lipinski definition) is 4. The highest BCUT2D eigenvalue weighted by atomic mass is 32.2. The lowest BCUT2D eigenvalue weighted by atomic mass is 10.2. The van der Waals surface area contributed by atoms with Crippen molar-refractivity contribution >= 4 is 21.5 Å². The number of rotatable bonds is 0. The first-order valence-electron chi connectivity index (χ1n) is 5.75. The van der Waals surface area contributed by atoms with E-state index in [2.05, 4.69) is 14.6 Å². The van der Waals surface area contributed by atoms with E-state index in [1.54, 1.807) is 0 Å². The number of aromatic nitrogens is 1. The zero-order valence-corrected chi connectivity index (χ0v) is 10.4. The van der Waals surface area contributed by atoms with Crippen LogP contribution in [-0.4, -0.2) is 32.5 Å². The second-order valence-corrected chi connectivity index (χ2v) is 6.20. The van der Waals surface area contributed by atoms with Gasteiger partial charge in [0.2, 0.25) is 15.7 Å². The molecule has 18 heavy (non-hydrogen) atoms. The molecule has 1 atom stereocenters. The maximum Gasteiger partial charge on any atom is 0.243 e. The second kappa shape index (κ2) is 3.93. The van der Waals surface area contributed by atoms with E-state index in [0.717, 1.165) is 19.4 Å². The van der Waals surface area contributed by atoms with Crippen LogP contribution in [0.25, 0.3) is 4.85 Å².